The molecule has 70 valence electrons. The van der Waals surface area contributed by atoms with Gasteiger partial charge in [-0.3, -0.25) is 0 Å². The van der Waals surface area contributed by atoms with Gasteiger partial charge in [0.15, 0.2) is 0 Å². The summed E-state index contributed by atoms with van der Waals surface area (Å²) in [6.45, 7) is 0. The zero-order valence-corrected chi connectivity index (χ0v) is 7.48. The van der Waals surface area contributed by atoms with E-state index in [9.17, 15) is 10.2 Å². The molecule has 1 aromatic rings. The third-order valence-corrected chi connectivity index (χ3v) is 2.68. The van der Waals surface area contributed by atoms with Gasteiger partial charge in [0.2, 0.25) is 0 Å². The lowest BCUT2D eigenvalue weighted by molar-refractivity contribution is 0.0153. The summed E-state index contributed by atoms with van der Waals surface area (Å²) in [4.78, 5) is 0. The van der Waals surface area contributed by atoms with Crippen molar-refractivity contribution in [2.75, 3.05) is 0 Å². The number of benzene rings is 1. The van der Waals surface area contributed by atoms with E-state index < -0.39 is 12.2 Å². The number of hydrogen-bond donors (Lipinski definition) is 2. The van der Waals surface area contributed by atoms with E-state index in [4.69, 9.17) is 0 Å². The van der Waals surface area contributed by atoms with Gasteiger partial charge in [0.25, 0.3) is 0 Å². The van der Waals surface area contributed by atoms with Crippen LogP contribution in [0.4, 0.5) is 0 Å². The number of aliphatic hydroxyl groups is 2. The van der Waals surface area contributed by atoms with Crippen molar-refractivity contribution < 1.29 is 10.2 Å². The molecule has 2 atom stereocenters. The third kappa shape index (κ3) is 1.60. The number of hydrogen-bond acceptors (Lipinski definition) is 2. The lowest BCUT2D eigenvalue weighted by Gasteiger charge is -2.16. The molecule has 0 bridgehead atoms. The molecule has 0 unspecified atom stereocenters. The van der Waals surface area contributed by atoms with E-state index in [1.54, 1.807) is 0 Å². The van der Waals surface area contributed by atoms with Gasteiger partial charge in [-0.05, 0) is 30.4 Å². The van der Waals surface area contributed by atoms with Crippen molar-refractivity contribution in [1.82, 2.24) is 0 Å². The molecule has 1 aliphatic carbocycles. The van der Waals surface area contributed by atoms with Gasteiger partial charge < -0.3 is 10.2 Å². The molecule has 1 aromatic carbocycles. The van der Waals surface area contributed by atoms with Crippen molar-refractivity contribution in [3.8, 4) is 0 Å². The second kappa shape index (κ2) is 3.48. The van der Waals surface area contributed by atoms with Crippen molar-refractivity contribution in [3.63, 3.8) is 0 Å². The zero-order chi connectivity index (χ0) is 9.26. The Balaban J connectivity index is 2.40. The fourth-order valence-electron chi connectivity index (χ4n) is 1.92. The van der Waals surface area contributed by atoms with Crippen molar-refractivity contribution in [2.24, 2.45) is 0 Å². The normalized spacial score (nSPS) is 27.8. The Morgan fingerprint density at radius 3 is 2.77 bits per heavy atom. The predicted octanol–water partition coefficient (Wildman–Crippen LogP) is 1.42. The van der Waals surface area contributed by atoms with Gasteiger partial charge in [-0.1, -0.05) is 24.3 Å². The highest BCUT2D eigenvalue weighted by atomic mass is 16.3. The molecule has 0 amide bonds. The summed E-state index contributed by atoms with van der Waals surface area (Å²) < 4.78 is 0. The van der Waals surface area contributed by atoms with Crippen LogP contribution < -0.4 is 0 Å². The smallest absolute Gasteiger partial charge is 0.105 e. The average Bonchev–Trinajstić information content (AvgIpc) is 2.29. The summed E-state index contributed by atoms with van der Waals surface area (Å²) in [5.74, 6) is 0. The van der Waals surface area contributed by atoms with Crippen LogP contribution in [-0.2, 0) is 6.42 Å². The highest BCUT2D eigenvalue weighted by Crippen LogP contribution is 2.28. The summed E-state index contributed by atoms with van der Waals surface area (Å²) >= 11 is 0. The van der Waals surface area contributed by atoms with Crippen LogP contribution in [0.15, 0.2) is 24.3 Å². The monoisotopic (exact) mass is 178 g/mol. The number of fused-ring (bicyclic) bond motifs is 1. The van der Waals surface area contributed by atoms with E-state index >= 15 is 0 Å². The Bertz CT molecular complexity index is 296. The Morgan fingerprint density at radius 1 is 1.15 bits per heavy atom. The van der Waals surface area contributed by atoms with Gasteiger partial charge in [0.05, 0.1) is 6.10 Å². The highest BCUT2D eigenvalue weighted by Gasteiger charge is 2.23. The molecular weight excluding hydrogens is 164 g/mol. The molecule has 0 aromatic heterocycles. The van der Waals surface area contributed by atoms with Crippen LogP contribution in [0.5, 0.6) is 0 Å². The fraction of sp³-hybridized carbons (Fsp3) is 0.455. The molecule has 0 spiro atoms. The van der Waals surface area contributed by atoms with Crippen LogP contribution in [0.25, 0.3) is 0 Å². The van der Waals surface area contributed by atoms with Gasteiger partial charge in [-0.25, -0.2) is 0 Å². The van der Waals surface area contributed by atoms with E-state index in [0.29, 0.717) is 6.42 Å². The van der Waals surface area contributed by atoms with E-state index in [0.717, 1.165) is 18.4 Å². The minimum absolute atomic E-state index is 0.594. The van der Waals surface area contributed by atoms with Gasteiger partial charge in [-0.2, -0.15) is 0 Å². The largest absolute Gasteiger partial charge is 0.390 e. The van der Waals surface area contributed by atoms with E-state index in [1.807, 2.05) is 24.3 Å². The summed E-state index contributed by atoms with van der Waals surface area (Å²) in [5, 5.41) is 19.3. The maximum atomic E-state index is 9.76. The van der Waals surface area contributed by atoms with Crippen LogP contribution in [0.3, 0.4) is 0 Å². The first-order valence-corrected chi connectivity index (χ1v) is 4.73. The summed E-state index contributed by atoms with van der Waals surface area (Å²) in [7, 11) is 0. The average molecular weight is 178 g/mol. The minimum atomic E-state index is -0.696. The summed E-state index contributed by atoms with van der Waals surface area (Å²) in [5.41, 5.74) is 2.07. The van der Waals surface area contributed by atoms with E-state index in [-0.39, 0.29) is 0 Å². The van der Waals surface area contributed by atoms with Gasteiger partial charge in [0.1, 0.15) is 6.10 Å². The van der Waals surface area contributed by atoms with Crippen molar-refractivity contribution >= 4 is 0 Å². The SMILES string of the molecule is O[C@H]1CCCc2ccccc2[C@@H]1O. The lowest BCUT2D eigenvalue weighted by Crippen LogP contribution is -2.16. The Kier molecular flexibility index (Phi) is 2.34. The maximum absolute atomic E-state index is 9.76. The van der Waals surface area contributed by atoms with E-state index in [2.05, 4.69) is 0 Å². The molecule has 0 aliphatic heterocycles. The first-order chi connectivity index (χ1) is 6.29. The van der Waals surface area contributed by atoms with Gasteiger partial charge >= 0.3 is 0 Å². The van der Waals surface area contributed by atoms with Crippen molar-refractivity contribution in [1.29, 1.82) is 0 Å². The molecule has 0 radical (unpaired) electrons. The Labute approximate surface area is 77.8 Å². The molecule has 1 aliphatic rings. The van der Waals surface area contributed by atoms with Crippen LogP contribution in [0.1, 0.15) is 30.1 Å². The molecule has 2 rings (SSSR count). The molecule has 13 heavy (non-hydrogen) atoms. The Hall–Kier alpha value is -0.860. The molecule has 0 saturated heterocycles. The second-order valence-corrected chi connectivity index (χ2v) is 3.60. The van der Waals surface area contributed by atoms with Crippen LogP contribution in [0, 0.1) is 0 Å². The standard InChI is InChI=1S/C11H14O2/c12-10-7-3-5-8-4-1-2-6-9(8)11(10)13/h1-2,4,6,10-13H,3,5,7H2/t10-,11-/m0/s1. The molecular formula is C11H14O2. The molecule has 0 fully saturated rings. The fourth-order valence-corrected chi connectivity index (χ4v) is 1.92. The quantitative estimate of drug-likeness (QED) is 0.590. The topological polar surface area (TPSA) is 40.5 Å². The van der Waals surface area contributed by atoms with Gasteiger partial charge in [-0.15, -0.1) is 0 Å². The van der Waals surface area contributed by atoms with Crippen molar-refractivity contribution in [3.05, 3.63) is 35.4 Å². The molecule has 2 N–H and O–H groups in total. The first kappa shape index (κ1) is 8.73. The summed E-state index contributed by atoms with van der Waals surface area (Å²) in [6.07, 6.45) is 1.32. The van der Waals surface area contributed by atoms with Crippen LogP contribution >= 0.6 is 0 Å². The third-order valence-electron chi connectivity index (χ3n) is 2.68. The van der Waals surface area contributed by atoms with Crippen LogP contribution in [-0.4, -0.2) is 16.3 Å². The predicted molar refractivity (Wildman–Crippen MR) is 50.3 cm³/mol. The Morgan fingerprint density at radius 2 is 1.92 bits per heavy atom. The minimum Gasteiger partial charge on any atom is -0.390 e. The zero-order valence-electron chi connectivity index (χ0n) is 7.48. The van der Waals surface area contributed by atoms with Crippen LogP contribution in [0.2, 0.25) is 0 Å². The number of rotatable bonds is 0. The molecule has 2 heteroatoms. The second-order valence-electron chi connectivity index (χ2n) is 3.60. The van der Waals surface area contributed by atoms with E-state index in [1.165, 1.54) is 5.56 Å². The molecule has 2 nitrogen and oxygen atoms in total. The molecule has 0 heterocycles. The maximum Gasteiger partial charge on any atom is 0.105 e. The number of aliphatic hydroxyl groups excluding tert-OH is 2. The number of aryl methyl sites for hydroxylation is 1. The highest BCUT2D eigenvalue weighted by molar-refractivity contribution is 5.30. The van der Waals surface area contributed by atoms with Crippen molar-refractivity contribution in [2.45, 2.75) is 31.5 Å². The lowest BCUT2D eigenvalue weighted by atomic mass is 10.0. The first-order valence-electron chi connectivity index (χ1n) is 4.73. The molecule has 0 saturated carbocycles. The summed E-state index contributed by atoms with van der Waals surface area (Å²) in [6, 6.07) is 7.80. The van der Waals surface area contributed by atoms with Gasteiger partial charge in [0, 0.05) is 0 Å².